The zero-order chi connectivity index (χ0) is 11.9. The van der Waals surface area contributed by atoms with E-state index in [1.165, 1.54) is 5.56 Å². The van der Waals surface area contributed by atoms with E-state index in [9.17, 15) is 0 Å². The Morgan fingerprint density at radius 3 is 2.71 bits per heavy atom. The number of hydrogen-bond donors (Lipinski definition) is 0. The molecule has 0 radical (unpaired) electrons. The maximum absolute atomic E-state index is 5.67. The molecule has 94 valence electrons. The first-order chi connectivity index (χ1) is 8.38. The largest absolute Gasteiger partial charge is 0.379 e. The van der Waals surface area contributed by atoms with E-state index in [0.29, 0.717) is 19.8 Å². The monoisotopic (exact) mass is 236 g/mol. The van der Waals surface area contributed by atoms with Gasteiger partial charge in [-0.2, -0.15) is 0 Å². The van der Waals surface area contributed by atoms with E-state index < -0.39 is 0 Å². The van der Waals surface area contributed by atoms with Gasteiger partial charge in [-0.05, 0) is 18.4 Å². The molecule has 3 heteroatoms. The predicted molar refractivity (Wildman–Crippen MR) is 65.9 cm³/mol. The van der Waals surface area contributed by atoms with Crippen molar-refractivity contribution >= 4 is 0 Å². The molecule has 2 atom stereocenters. The summed E-state index contributed by atoms with van der Waals surface area (Å²) in [6.07, 6.45) is 2.58. The van der Waals surface area contributed by atoms with Crippen LogP contribution in [0.1, 0.15) is 18.4 Å². The fourth-order valence-electron chi connectivity index (χ4n) is 1.98. The molecule has 0 aromatic heterocycles. The van der Waals surface area contributed by atoms with Crippen LogP contribution < -0.4 is 0 Å². The summed E-state index contributed by atoms with van der Waals surface area (Å²) in [6, 6.07) is 10.2. The highest BCUT2D eigenvalue weighted by Crippen LogP contribution is 2.16. The smallest absolute Gasteiger partial charge is 0.0810 e. The van der Waals surface area contributed by atoms with Crippen LogP contribution in [0.2, 0.25) is 0 Å². The summed E-state index contributed by atoms with van der Waals surface area (Å²) >= 11 is 0. The molecule has 1 aliphatic heterocycles. The van der Waals surface area contributed by atoms with Gasteiger partial charge in [0, 0.05) is 7.11 Å². The molecule has 0 bridgehead atoms. The van der Waals surface area contributed by atoms with Gasteiger partial charge in [-0.1, -0.05) is 30.3 Å². The molecular formula is C14H20O3. The van der Waals surface area contributed by atoms with Crippen LogP contribution in [0.3, 0.4) is 0 Å². The van der Waals surface area contributed by atoms with E-state index >= 15 is 0 Å². The van der Waals surface area contributed by atoms with Gasteiger partial charge >= 0.3 is 0 Å². The van der Waals surface area contributed by atoms with E-state index in [-0.39, 0.29) is 12.2 Å². The van der Waals surface area contributed by atoms with Gasteiger partial charge in [0.15, 0.2) is 0 Å². The molecule has 0 saturated carbocycles. The molecule has 0 N–H and O–H groups in total. The Labute approximate surface area is 103 Å². The summed E-state index contributed by atoms with van der Waals surface area (Å²) < 4.78 is 16.6. The van der Waals surface area contributed by atoms with Crippen LogP contribution in [0.15, 0.2) is 30.3 Å². The Morgan fingerprint density at radius 1 is 1.24 bits per heavy atom. The van der Waals surface area contributed by atoms with Crippen LogP contribution in [-0.2, 0) is 20.8 Å². The fraction of sp³-hybridized carbons (Fsp3) is 0.571. The molecule has 1 heterocycles. The Hall–Kier alpha value is -0.900. The van der Waals surface area contributed by atoms with Gasteiger partial charge in [0.25, 0.3) is 0 Å². The van der Waals surface area contributed by atoms with Crippen LogP contribution in [-0.4, -0.2) is 32.5 Å². The van der Waals surface area contributed by atoms with E-state index in [4.69, 9.17) is 14.2 Å². The number of hydrogen-bond acceptors (Lipinski definition) is 3. The molecule has 1 fully saturated rings. The fourth-order valence-corrected chi connectivity index (χ4v) is 1.98. The first-order valence-electron chi connectivity index (χ1n) is 6.14. The highest BCUT2D eigenvalue weighted by molar-refractivity contribution is 5.13. The molecule has 0 amide bonds. The Bertz CT molecular complexity index is 305. The minimum Gasteiger partial charge on any atom is -0.379 e. The maximum Gasteiger partial charge on any atom is 0.0810 e. The second kappa shape index (κ2) is 6.74. The number of rotatable bonds is 5. The van der Waals surface area contributed by atoms with Crippen molar-refractivity contribution < 1.29 is 14.2 Å². The van der Waals surface area contributed by atoms with Crippen molar-refractivity contribution in [3.63, 3.8) is 0 Å². The normalized spacial score (nSPS) is 24.8. The van der Waals surface area contributed by atoms with Crippen molar-refractivity contribution in [2.75, 3.05) is 20.3 Å². The lowest BCUT2D eigenvalue weighted by Crippen LogP contribution is -2.33. The van der Waals surface area contributed by atoms with E-state index in [1.54, 1.807) is 7.11 Å². The third-order valence-electron chi connectivity index (χ3n) is 3.08. The van der Waals surface area contributed by atoms with Crippen molar-refractivity contribution in [1.82, 2.24) is 0 Å². The third-order valence-corrected chi connectivity index (χ3v) is 3.08. The Kier molecular flexibility index (Phi) is 4.98. The lowest BCUT2D eigenvalue weighted by Gasteiger charge is -2.27. The summed E-state index contributed by atoms with van der Waals surface area (Å²) in [5, 5.41) is 0. The van der Waals surface area contributed by atoms with Crippen molar-refractivity contribution in [3.05, 3.63) is 35.9 Å². The Balaban J connectivity index is 1.63. The zero-order valence-corrected chi connectivity index (χ0v) is 10.3. The molecule has 1 saturated heterocycles. The summed E-state index contributed by atoms with van der Waals surface area (Å²) in [7, 11) is 1.74. The summed E-state index contributed by atoms with van der Waals surface area (Å²) in [6.45, 7) is 2.02. The van der Waals surface area contributed by atoms with Gasteiger partial charge < -0.3 is 14.2 Å². The second-order valence-electron chi connectivity index (χ2n) is 4.39. The van der Waals surface area contributed by atoms with E-state index in [2.05, 4.69) is 12.1 Å². The van der Waals surface area contributed by atoms with Crippen molar-refractivity contribution in [2.45, 2.75) is 31.7 Å². The summed E-state index contributed by atoms with van der Waals surface area (Å²) in [4.78, 5) is 0. The first kappa shape index (κ1) is 12.6. The molecule has 0 aliphatic carbocycles. The molecule has 3 nitrogen and oxygen atoms in total. The van der Waals surface area contributed by atoms with E-state index in [1.807, 2.05) is 18.2 Å². The number of benzene rings is 1. The minimum atomic E-state index is 0.227. The molecular weight excluding hydrogens is 216 g/mol. The van der Waals surface area contributed by atoms with Gasteiger partial charge in [-0.15, -0.1) is 0 Å². The van der Waals surface area contributed by atoms with Crippen LogP contribution in [0, 0.1) is 0 Å². The quantitative estimate of drug-likeness (QED) is 0.785. The summed E-state index contributed by atoms with van der Waals surface area (Å²) in [5.74, 6) is 0. The standard InChI is InChI=1S/C14H20O3/c1-15-13-7-8-14(17-11-13)10-16-9-12-5-3-2-4-6-12/h2-6,13-14H,7-11H2,1H3/t13-,14+/m1/s1. The lowest BCUT2D eigenvalue weighted by molar-refractivity contribution is -0.0983. The zero-order valence-electron chi connectivity index (χ0n) is 10.3. The highest BCUT2D eigenvalue weighted by Gasteiger charge is 2.21. The van der Waals surface area contributed by atoms with Crippen LogP contribution in [0.4, 0.5) is 0 Å². The molecule has 17 heavy (non-hydrogen) atoms. The van der Waals surface area contributed by atoms with E-state index in [0.717, 1.165) is 12.8 Å². The SMILES string of the molecule is CO[C@@H]1CC[C@@H](COCc2ccccc2)OC1. The van der Waals surface area contributed by atoms with Crippen molar-refractivity contribution in [1.29, 1.82) is 0 Å². The van der Waals surface area contributed by atoms with Gasteiger partial charge in [0.2, 0.25) is 0 Å². The second-order valence-corrected chi connectivity index (χ2v) is 4.39. The molecule has 2 rings (SSSR count). The van der Waals surface area contributed by atoms with Gasteiger partial charge in [0.1, 0.15) is 0 Å². The van der Waals surface area contributed by atoms with Crippen molar-refractivity contribution in [2.24, 2.45) is 0 Å². The molecule has 0 spiro atoms. The lowest BCUT2D eigenvalue weighted by atomic mass is 10.1. The number of methoxy groups -OCH3 is 1. The predicted octanol–water partition coefficient (Wildman–Crippen LogP) is 2.40. The number of ether oxygens (including phenoxy) is 3. The Morgan fingerprint density at radius 2 is 2.06 bits per heavy atom. The van der Waals surface area contributed by atoms with Crippen LogP contribution >= 0.6 is 0 Å². The van der Waals surface area contributed by atoms with Gasteiger partial charge in [0.05, 0.1) is 32.0 Å². The average molecular weight is 236 g/mol. The highest BCUT2D eigenvalue weighted by atomic mass is 16.6. The van der Waals surface area contributed by atoms with Crippen molar-refractivity contribution in [3.8, 4) is 0 Å². The van der Waals surface area contributed by atoms with Crippen LogP contribution in [0.5, 0.6) is 0 Å². The van der Waals surface area contributed by atoms with Gasteiger partial charge in [-0.3, -0.25) is 0 Å². The minimum absolute atomic E-state index is 0.227. The third kappa shape index (κ3) is 4.11. The molecule has 1 aliphatic rings. The van der Waals surface area contributed by atoms with Crippen LogP contribution in [0.25, 0.3) is 0 Å². The summed E-state index contributed by atoms with van der Waals surface area (Å²) in [5.41, 5.74) is 1.21. The maximum atomic E-state index is 5.67. The molecule has 1 aromatic rings. The molecule has 1 aromatic carbocycles. The first-order valence-corrected chi connectivity index (χ1v) is 6.14. The topological polar surface area (TPSA) is 27.7 Å². The van der Waals surface area contributed by atoms with Gasteiger partial charge in [-0.25, -0.2) is 0 Å². The molecule has 0 unspecified atom stereocenters. The average Bonchev–Trinajstić information content (AvgIpc) is 2.41.